The summed E-state index contributed by atoms with van der Waals surface area (Å²) in [5.41, 5.74) is 2.97. The van der Waals surface area contributed by atoms with E-state index in [9.17, 15) is 13.2 Å². The molecule has 0 bridgehead atoms. The van der Waals surface area contributed by atoms with E-state index in [1.165, 1.54) is 23.5 Å². The summed E-state index contributed by atoms with van der Waals surface area (Å²) in [6.07, 6.45) is 1.71. The van der Waals surface area contributed by atoms with Gasteiger partial charge in [0.15, 0.2) is 5.13 Å². The SMILES string of the molecule is Cc1ccc2nc(NC(=O)c3cc(S(=O)(=O)NC4CC4)ccc3C)sc2c1. The molecule has 1 aromatic heterocycles. The van der Waals surface area contributed by atoms with Crippen molar-refractivity contribution in [2.24, 2.45) is 0 Å². The fraction of sp³-hybridized carbons (Fsp3) is 0.263. The second-order valence-corrected chi connectivity index (χ2v) is 9.56. The molecule has 1 heterocycles. The number of aryl methyl sites for hydroxylation is 2. The summed E-state index contributed by atoms with van der Waals surface area (Å²) >= 11 is 1.39. The Morgan fingerprint density at radius 1 is 1.15 bits per heavy atom. The van der Waals surface area contributed by atoms with E-state index in [1.807, 2.05) is 25.1 Å². The Labute approximate surface area is 161 Å². The number of hydrogen-bond donors (Lipinski definition) is 2. The third kappa shape index (κ3) is 3.87. The van der Waals surface area contributed by atoms with Gasteiger partial charge in [-0.2, -0.15) is 0 Å². The van der Waals surface area contributed by atoms with Crippen LogP contribution in [0.2, 0.25) is 0 Å². The van der Waals surface area contributed by atoms with Crippen molar-refractivity contribution in [2.45, 2.75) is 37.6 Å². The van der Waals surface area contributed by atoms with E-state index < -0.39 is 10.0 Å². The molecule has 0 atom stereocenters. The monoisotopic (exact) mass is 401 g/mol. The van der Waals surface area contributed by atoms with Crippen molar-refractivity contribution in [3.8, 4) is 0 Å². The van der Waals surface area contributed by atoms with Gasteiger partial charge in [0.1, 0.15) is 0 Å². The summed E-state index contributed by atoms with van der Waals surface area (Å²) in [7, 11) is -3.61. The molecule has 2 N–H and O–H groups in total. The number of rotatable bonds is 5. The van der Waals surface area contributed by atoms with Crippen molar-refractivity contribution < 1.29 is 13.2 Å². The van der Waals surface area contributed by atoms with E-state index in [4.69, 9.17) is 0 Å². The van der Waals surface area contributed by atoms with Gasteiger partial charge in [0.25, 0.3) is 5.91 Å². The topological polar surface area (TPSA) is 88.2 Å². The first kappa shape index (κ1) is 18.1. The molecular formula is C19H19N3O3S2. The molecule has 2 aromatic carbocycles. The van der Waals surface area contributed by atoms with E-state index in [0.717, 1.165) is 28.6 Å². The van der Waals surface area contributed by atoms with E-state index in [-0.39, 0.29) is 16.8 Å². The molecule has 4 rings (SSSR count). The third-order valence-corrected chi connectivity index (χ3v) is 6.88. The Bertz CT molecular complexity index is 1150. The Balaban J connectivity index is 1.61. The van der Waals surface area contributed by atoms with Gasteiger partial charge in [-0.05, 0) is 62.1 Å². The molecule has 27 heavy (non-hydrogen) atoms. The molecule has 1 aliphatic rings. The molecule has 1 saturated carbocycles. The zero-order valence-corrected chi connectivity index (χ0v) is 16.6. The van der Waals surface area contributed by atoms with Crippen molar-refractivity contribution in [3.05, 3.63) is 53.1 Å². The third-order valence-electron chi connectivity index (χ3n) is 4.43. The van der Waals surface area contributed by atoms with Crippen molar-refractivity contribution in [3.63, 3.8) is 0 Å². The van der Waals surface area contributed by atoms with E-state index >= 15 is 0 Å². The number of nitrogens with zero attached hydrogens (tertiary/aromatic N) is 1. The number of carbonyl (C=O) groups excluding carboxylic acids is 1. The van der Waals surface area contributed by atoms with E-state index in [0.29, 0.717) is 16.3 Å². The summed E-state index contributed by atoms with van der Waals surface area (Å²) in [5, 5.41) is 3.28. The van der Waals surface area contributed by atoms with Gasteiger partial charge in [-0.1, -0.05) is 23.5 Å². The van der Waals surface area contributed by atoms with Crippen LogP contribution in [0.25, 0.3) is 10.2 Å². The lowest BCUT2D eigenvalue weighted by molar-refractivity contribution is 0.102. The summed E-state index contributed by atoms with van der Waals surface area (Å²) in [4.78, 5) is 17.3. The van der Waals surface area contributed by atoms with Gasteiger partial charge in [-0.15, -0.1) is 0 Å². The number of amides is 1. The highest BCUT2D eigenvalue weighted by Crippen LogP contribution is 2.28. The Morgan fingerprint density at radius 3 is 2.67 bits per heavy atom. The van der Waals surface area contributed by atoms with Crippen LogP contribution >= 0.6 is 11.3 Å². The molecule has 140 valence electrons. The number of carbonyl (C=O) groups is 1. The minimum absolute atomic E-state index is 0.0137. The van der Waals surface area contributed by atoms with Crippen LogP contribution in [-0.4, -0.2) is 25.4 Å². The Morgan fingerprint density at radius 2 is 1.93 bits per heavy atom. The molecule has 3 aromatic rings. The van der Waals surface area contributed by atoms with Crippen molar-refractivity contribution in [1.29, 1.82) is 0 Å². The molecule has 1 fully saturated rings. The van der Waals surface area contributed by atoms with Crippen LogP contribution in [-0.2, 0) is 10.0 Å². The van der Waals surface area contributed by atoms with Gasteiger partial charge in [0.05, 0.1) is 15.1 Å². The predicted octanol–water partition coefficient (Wildman–Crippen LogP) is 3.61. The lowest BCUT2D eigenvalue weighted by atomic mass is 10.1. The average molecular weight is 402 g/mol. The molecule has 0 radical (unpaired) electrons. The van der Waals surface area contributed by atoms with Gasteiger partial charge in [0.2, 0.25) is 10.0 Å². The first-order valence-electron chi connectivity index (χ1n) is 8.63. The van der Waals surface area contributed by atoms with Gasteiger partial charge in [-0.3, -0.25) is 10.1 Å². The summed E-state index contributed by atoms with van der Waals surface area (Å²) in [6.45, 7) is 3.78. The highest BCUT2D eigenvalue weighted by molar-refractivity contribution is 7.89. The Hall–Kier alpha value is -2.29. The van der Waals surface area contributed by atoms with Gasteiger partial charge in [0, 0.05) is 11.6 Å². The van der Waals surface area contributed by atoms with Crippen LogP contribution < -0.4 is 10.0 Å². The van der Waals surface area contributed by atoms with Crippen LogP contribution in [0.3, 0.4) is 0 Å². The molecule has 1 aliphatic carbocycles. The zero-order valence-electron chi connectivity index (χ0n) is 14.9. The summed E-state index contributed by atoms with van der Waals surface area (Å²) in [6, 6.07) is 10.5. The number of anilines is 1. The lowest BCUT2D eigenvalue weighted by Gasteiger charge is -2.10. The average Bonchev–Trinajstić information content (AvgIpc) is 3.31. The minimum Gasteiger partial charge on any atom is -0.298 e. The highest BCUT2D eigenvalue weighted by Gasteiger charge is 2.28. The van der Waals surface area contributed by atoms with Crippen molar-refractivity contribution >= 4 is 42.6 Å². The minimum atomic E-state index is -3.61. The van der Waals surface area contributed by atoms with Crippen LogP contribution in [0.4, 0.5) is 5.13 Å². The van der Waals surface area contributed by atoms with Crippen LogP contribution in [0.5, 0.6) is 0 Å². The molecule has 1 amide bonds. The number of hydrogen-bond acceptors (Lipinski definition) is 5. The van der Waals surface area contributed by atoms with Gasteiger partial charge in [-0.25, -0.2) is 18.1 Å². The fourth-order valence-electron chi connectivity index (χ4n) is 2.75. The number of benzene rings is 2. The smallest absolute Gasteiger partial charge is 0.257 e. The normalized spacial score (nSPS) is 14.4. The number of sulfonamides is 1. The first-order valence-corrected chi connectivity index (χ1v) is 10.9. The van der Waals surface area contributed by atoms with Crippen LogP contribution in [0.15, 0.2) is 41.3 Å². The Kier molecular flexibility index (Phi) is 4.49. The van der Waals surface area contributed by atoms with Crippen LogP contribution in [0, 0.1) is 13.8 Å². The molecule has 8 heteroatoms. The maximum Gasteiger partial charge on any atom is 0.257 e. The molecule has 0 unspecified atom stereocenters. The van der Waals surface area contributed by atoms with Crippen LogP contribution in [0.1, 0.15) is 34.3 Å². The number of thiazole rings is 1. The van der Waals surface area contributed by atoms with Crippen molar-refractivity contribution in [1.82, 2.24) is 9.71 Å². The van der Waals surface area contributed by atoms with E-state index in [2.05, 4.69) is 15.0 Å². The summed E-state index contributed by atoms with van der Waals surface area (Å²) < 4.78 is 28.5. The molecule has 0 saturated heterocycles. The maximum absolute atomic E-state index is 12.7. The second kappa shape index (κ2) is 6.70. The fourth-order valence-corrected chi connectivity index (χ4v) is 5.04. The highest BCUT2D eigenvalue weighted by atomic mass is 32.2. The predicted molar refractivity (Wildman–Crippen MR) is 107 cm³/mol. The first-order chi connectivity index (χ1) is 12.8. The quantitative estimate of drug-likeness (QED) is 0.684. The summed E-state index contributed by atoms with van der Waals surface area (Å²) in [5.74, 6) is -0.369. The molecule has 6 nitrogen and oxygen atoms in total. The molecular weight excluding hydrogens is 382 g/mol. The largest absolute Gasteiger partial charge is 0.298 e. The number of nitrogens with one attached hydrogen (secondary N) is 2. The zero-order chi connectivity index (χ0) is 19.2. The molecule has 0 spiro atoms. The standard InChI is InChI=1S/C19H19N3O3S2/c1-11-3-8-16-17(9-11)26-19(20-16)21-18(23)15-10-14(7-4-12(15)2)27(24,25)22-13-5-6-13/h3-4,7-10,13,22H,5-6H2,1-2H3,(H,20,21,23). The number of fused-ring (bicyclic) bond motifs is 1. The number of aromatic nitrogens is 1. The second-order valence-electron chi connectivity index (χ2n) is 6.82. The van der Waals surface area contributed by atoms with Gasteiger partial charge < -0.3 is 0 Å². The van der Waals surface area contributed by atoms with Crippen molar-refractivity contribution in [2.75, 3.05) is 5.32 Å². The molecule has 0 aliphatic heterocycles. The lowest BCUT2D eigenvalue weighted by Crippen LogP contribution is -2.26. The van der Waals surface area contributed by atoms with E-state index in [1.54, 1.807) is 13.0 Å². The maximum atomic E-state index is 12.7. The van der Waals surface area contributed by atoms with Gasteiger partial charge >= 0.3 is 0 Å².